The number of alkyl carbamates (subject to hydrolysis) is 1. The zero-order valence-electron chi connectivity index (χ0n) is 11.9. The molecule has 0 radical (unpaired) electrons. The molecular weight excluding hydrogens is 275 g/mol. The molecule has 6 nitrogen and oxygen atoms in total. The van der Waals surface area contributed by atoms with Gasteiger partial charge in [0.05, 0.1) is 24.0 Å². The minimum absolute atomic E-state index is 0. The number of hydrogen-bond acceptors (Lipinski definition) is 5. The van der Waals surface area contributed by atoms with E-state index in [1.807, 2.05) is 6.07 Å². The van der Waals surface area contributed by atoms with E-state index in [4.69, 9.17) is 10.00 Å². The zero-order chi connectivity index (χ0) is 14.4. The molecule has 0 bridgehead atoms. The molecule has 0 aromatic heterocycles. The number of ether oxygens (including phenoxy) is 1. The fourth-order valence-electron chi connectivity index (χ4n) is 1.02. The molecule has 0 aromatic rings. The van der Waals surface area contributed by atoms with Gasteiger partial charge in [-0.3, -0.25) is 0 Å². The van der Waals surface area contributed by atoms with Crippen LogP contribution in [0.3, 0.4) is 0 Å². The third-order valence-corrected chi connectivity index (χ3v) is 1.84. The van der Waals surface area contributed by atoms with E-state index in [0.29, 0.717) is 0 Å². The van der Waals surface area contributed by atoms with Gasteiger partial charge >= 0.3 is 57.5 Å². The summed E-state index contributed by atoms with van der Waals surface area (Å²) >= 11 is 0. The summed E-state index contributed by atoms with van der Waals surface area (Å²) in [5, 5.41) is 21.5. The van der Waals surface area contributed by atoms with Crippen LogP contribution in [0, 0.1) is 11.3 Å². The molecule has 0 heterocycles. The van der Waals surface area contributed by atoms with Gasteiger partial charge in [0.15, 0.2) is 0 Å². The first-order chi connectivity index (χ1) is 8.10. The van der Waals surface area contributed by atoms with Crippen LogP contribution in [0.15, 0.2) is 12.2 Å². The van der Waals surface area contributed by atoms with Crippen LogP contribution in [-0.4, -0.2) is 23.2 Å². The second kappa shape index (κ2) is 8.71. The number of nitrogens with one attached hydrogen (secondary N) is 1. The molecule has 0 rings (SSSR count). The Labute approximate surface area is 155 Å². The standard InChI is InChI=1S/C12H18N2O4.K/c1-11(2,3)18-10(17)14-12(4,9(15)16)7-5-6-8-13;/h5,7H,6H2,1-4H3,(H,14,17)(H,15,16);/q;+1/p-1/b7-5-;. The number of rotatable bonds is 4. The summed E-state index contributed by atoms with van der Waals surface area (Å²) in [5.74, 6) is -1.48. The smallest absolute Gasteiger partial charge is 0.547 e. The Balaban J connectivity index is 0. The number of aliphatic carboxylic acids is 1. The molecule has 1 unspecified atom stereocenters. The normalized spacial score (nSPS) is 13.8. The van der Waals surface area contributed by atoms with Gasteiger partial charge in [0, 0.05) is 0 Å². The molecule has 0 fully saturated rings. The van der Waals surface area contributed by atoms with Gasteiger partial charge in [0.25, 0.3) is 0 Å². The molecule has 1 N–H and O–H groups in total. The summed E-state index contributed by atoms with van der Waals surface area (Å²) in [5.41, 5.74) is -2.44. The van der Waals surface area contributed by atoms with E-state index in [0.717, 1.165) is 0 Å². The van der Waals surface area contributed by atoms with E-state index in [1.165, 1.54) is 19.1 Å². The van der Waals surface area contributed by atoms with E-state index in [9.17, 15) is 14.7 Å². The number of carboxylic acid groups (broad SMARTS) is 1. The molecule has 0 spiro atoms. The topological polar surface area (TPSA) is 102 Å². The molecule has 0 aliphatic heterocycles. The molecule has 0 saturated carbocycles. The van der Waals surface area contributed by atoms with Crippen LogP contribution in [0.4, 0.5) is 4.79 Å². The molecule has 7 heteroatoms. The SMILES string of the molecule is CC(C)(C)OC(=O)NC(C)(/C=C\CC#N)C(=O)[O-].[K+]. The summed E-state index contributed by atoms with van der Waals surface area (Å²) in [7, 11) is 0. The van der Waals surface area contributed by atoms with Gasteiger partial charge in [0.2, 0.25) is 0 Å². The number of nitrogens with zero attached hydrogens (tertiary/aromatic N) is 1. The number of amides is 1. The number of carbonyl (C=O) groups is 2. The summed E-state index contributed by atoms with van der Waals surface area (Å²) in [6.45, 7) is 6.23. The third-order valence-electron chi connectivity index (χ3n) is 1.84. The molecular formula is C12H17KN2O4. The van der Waals surface area contributed by atoms with Gasteiger partial charge in [0.1, 0.15) is 5.60 Å². The predicted octanol–water partition coefficient (Wildman–Crippen LogP) is -2.51. The van der Waals surface area contributed by atoms with E-state index in [2.05, 4.69) is 5.32 Å². The first-order valence-corrected chi connectivity index (χ1v) is 5.38. The van der Waals surface area contributed by atoms with Gasteiger partial charge in [-0.1, -0.05) is 12.2 Å². The van der Waals surface area contributed by atoms with E-state index < -0.39 is 23.2 Å². The molecule has 0 aliphatic carbocycles. The number of carbonyl (C=O) groups excluding carboxylic acids is 2. The quantitative estimate of drug-likeness (QED) is 0.455. The maximum absolute atomic E-state index is 11.5. The van der Waals surface area contributed by atoms with E-state index in [1.54, 1.807) is 20.8 Å². The van der Waals surface area contributed by atoms with Crippen LogP contribution in [0.25, 0.3) is 0 Å². The Morgan fingerprint density at radius 1 is 1.37 bits per heavy atom. The molecule has 0 aliphatic rings. The summed E-state index contributed by atoms with van der Waals surface area (Å²) in [6.07, 6.45) is 1.71. The van der Waals surface area contributed by atoms with Crippen LogP contribution in [0.1, 0.15) is 34.1 Å². The second-order valence-electron chi connectivity index (χ2n) is 4.88. The summed E-state index contributed by atoms with van der Waals surface area (Å²) in [4.78, 5) is 22.5. The van der Waals surface area contributed by atoms with Crippen molar-refractivity contribution in [1.29, 1.82) is 5.26 Å². The van der Waals surface area contributed by atoms with Crippen molar-refractivity contribution in [2.24, 2.45) is 0 Å². The Morgan fingerprint density at radius 3 is 2.26 bits per heavy atom. The number of nitriles is 1. The van der Waals surface area contributed by atoms with Crippen molar-refractivity contribution < 1.29 is 70.8 Å². The van der Waals surface area contributed by atoms with Crippen LogP contribution in [0.5, 0.6) is 0 Å². The minimum Gasteiger partial charge on any atom is -0.547 e. The van der Waals surface area contributed by atoms with Gasteiger partial charge < -0.3 is 20.0 Å². The van der Waals surface area contributed by atoms with Crippen molar-refractivity contribution in [3.8, 4) is 6.07 Å². The Hall–Kier alpha value is -0.394. The van der Waals surface area contributed by atoms with Crippen LogP contribution in [-0.2, 0) is 9.53 Å². The van der Waals surface area contributed by atoms with Gasteiger partial charge in [-0.05, 0) is 27.7 Å². The first-order valence-electron chi connectivity index (χ1n) is 5.38. The van der Waals surface area contributed by atoms with Crippen molar-refractivity contribution in [2.45, 2.75) is 45.3 Å². The van der Waals surface area contributed by atoms with Gasteiger partial charge in [-0.15, -0.1) is 0 Å². The maximum Gasteiger partial charge on any atom is 1.00 e. The van der Waals surface area contributed by atoms with Crippen molar-refractivity contribution in [3.63, 3.8) is 0 Å². The predicted molar refractivity (Wildman–Crippen MR) is 62.2 cm³/mol. The van der Waals surface area contributed by atoms with Crippen molar-refractivity contribution >= 4 is 12.1 Å². The summed E-state index contributed by atoms with van der Waals surface area (Å²) < 4.78 is 4.95. The largest absolute Gasteiger partial charge is 1.00 e. The molecule has 19 heavy (non-hydrogen) atoms. The number of allylic oxidation sites excluding steroid dienone is 1. The van der Waals surface area contributed by atoms with Crippen LogP contribution >= 0.6 is 0 Å². The molecule has 1 atom stereocenters. The van der Waals surface area contributed by atoms with E-state index in [-0.39, 0.29) is 57.8 Å². The van der Waals surface area contributed by atoms with Gasteiger partial charge in [-0.2, -0.15) is 5.26 Å². The molecule has 100 valence electrons. The van der Waals surface area contributed by atoms with E-state index >= 15 is 0 Å². The van der Waals surface area contributed by atoms with Gasteiger partial charge in [-0.25, -0.2) is 4.79 Å². The third kappa shape index (κ3) is 9.19. The average molecular weight is 292 g/mol. The summed E-state index contributed by atoms with van der Waals surface area (Å²) in [6, 6.07) is 1.83. The van der Waals surface area contributed by atoms with Crippen LogP contribution in [0.2, 0.25) is 0 Å². The number of carboxylic acids is 1. The minimum atomic E-state index is -1.71. The second-order valence-corrected chi connectivity index (χ2v) is 4.88. The number of hydrogen-bond donors (Lipinski definition) is 1. The van der Waals surface area contributed by atoms with Crippen molar-refractivity contribution in [3.05, 3.63) is 12.2 Å². The monoisotopic (exact) mass is 292 g/mol. The molecule has 1 amide bonds. The Bertz CT molecular complexity index is 396. The fraction of sp³-hybridized carbons (Fsp3) is 0.583. The fourth-order valence-corrected chi connectivity index (χ4v) is 1.02. The van der Waals surface area contributed by atoms with Crippen molar-refractivity contribution in [1.82, 2.24) is 5.32 Å². The Morgan fingerprint density at radius 2 is 1.89 bits per heavy atom. The Kier molecular flexibility index (Phi) is 9.59. The maximum atomic E-state index is 11.5. The average Bonchev–Trinajstić information content (AvgIpc) is 2.14. The first kappa shape index (κ1) is 20.9. The van der Waals surface area contributed by atoms with Crippen LogP contribution < -0.4 is 61.8 Å². The van der Waals surface area contributed by atoms with Crippen molar-refractivity contribution in [2.75, 3.05) is 0 Å². The molecule has 0 aromatic carbocycles. The zero-order valence-corrected chi connectivity index (χ0v) is 15.1. The molecule has 0 saturated heterocycles.